The van der Waals surface area contributed by atoms with Crippen molar-refractivity contribution in [2.75, 3.05) is 18.4 Å². The summed E-state index contributed by atoms with van der Waals surface area (Å²) < 4.78 is 51.9. The molecule has 0 aliphatic carbocycles. The van der Waals surface area contributed by atoms with Crippen LogP contribution in [0.1, 0.15) is 10.4 Å². The maximum Gasteiger partial charge on any atom is 0.255 e. The molecule has 25 heavy (non-hydrogen) atoms. The standard InChI is InChI=1S/C16H14F2N2O4S/c17-14-5-4-11(7-15(14)18)19-16(22)10-2-1-3-13(6-10)25(23,24)20-8-12(21)9-20/h1-7,12,21H,8-9H2,(H,19,22). The van der Waals surface area contributed by atoms with Gasteiger partial charge in [-0.15, -0.1) is 0 Å². The number of anilines is 1. The third-order valence-corrected chi connectivity index (χ3v) is 5.57. The monoisotopic (exact) mass is 368 g/mol. The van der Waals surface area contributed by atoms with Gasteiger partial charge in [0.2, 0.25) is 10.0 Å². The van der Waals surface area contributed by atoms with Gasteiger partial charge in [0.25, 0.3) is 5.91 Å². The molecule has 1 fully saturated rings. The van der Waals surface area contributed by atoms with Crippen molar-refractivity contribution in [1.82, 2.24) is 4.31 Å². The summed E-state index contributed by atoms with van der Waals surface area (Å²) in [6.45, 7) is 0.0151. The Kier molecular flexibility index (Phi) is 4.55. The van der Waals surface area contributed by atoms with Gasteiger partial charge in [0.15, 0.2) is 11.6 Å². The maximum atomic E-state index is 13.2. The first-order valence-electron chi connectivity index (χ1n) is 7.32. The van der Waals surface area contributed by atoms with Gasteiger partial charge in [-0.2, -0.15) is 4.31 Å². The summed E-state index contributed by atoms with van der Waals surface area (Å²) in [6.07, 6.45) is -0.686. The van der Waals surface area contributed by atoms with Crippen LogP contribution >= 0.6 is 0 Å². The van der Waals surface area contributed by atoms with Crippen LogP contribution in [0.4, 0.5) is 14.5 Å². The van der Waals surface area contributed by atoms with Crippen molar-refractivity contribution in [1.29, 1.82) is 0 Å². The normalized spacial score (nSPS) is 15.6. The van der Waals surface area contributed by atoms with Crippen LogP contribution in [0.15, 0.2) is 47.4 Å². The smallest absolute Gasteiger partial charge is 0.255 e. The first-order chi connectivity index (χ1) is 11.8. The molecule has 0 unspecified atom stereocenters. The quantitative estimate of drug-likeness (QED) is 0.858. The Balaban J connectivity index is 1.81. The zero-order valence-electron chi connectivity index (χ0n) is 12.8. The van der Waals surface area contributed by atoms with E-state index in [0.717, 1.165) is 16.4 Å². The number of rotatable bonds is 4. The number of hydrogen-bond acceptors (Lipinski definition) is 4. The predicted octanol–water partition coefficient (Wildman–Crippen LogP) is 1.58. The van der Waals surface area contributed by atoms with E-state index in [-0.39, 0.29) is 29.2 Å². The highest BCUT2D eigenvalue weighted by molar-refractivity contribution is 7.89. The summed E-state index contributed by atoms with van der Waals surface area (Å²) in [5.41, 5.74) is 0.0925. The molecule has 0 saturated carbocycles. The van der Waals surface area contributed by atoms with Gasteiger partial charge in [0.1, 0.15) is 0 Å². The van der Waals surface area contributed by atoms with Gasteiger partial charge < -0.3 is 10.4 Å². The van der Waals surface area contributed by atoms with Gasteiger partial charge in [-0.3, -0.25) is 4.79 Å². The molecular formula is C16H14F2N2O4S. The number of nitrogens with zero attached hydrogens (tertiary/aromatic N) is 1. The summed E-state index contributed by atoms with van der Waals surface area (Å²) in [7, 11) is -3.79. The minimum atomic E-state index is -3.79. The second-order valence-electron chi connectivity index (χ2n) is 5.59. The Labute approximate surface area is 142 Å². The first kappa shape index (κ1) is 17.5. The van der Waals surface area contributed by atoms with Crippen LogP contribution in [0.3, 0.4) is 0 Å². The van der Waals surface area contributed by atoms with Gasteiger partial charge in [-0.25, -0.2) is 17.2 Å². The lowest BCUT2D eigenvalue weighted by Gasteiger charge is -2.34. The van der Waals surface area contributed by atoms with Crippen LogP contribution in [-0.4, -0.2) is 42.9 Å². The van der Waals surface area contributed by atoms with Crippen molar-refractivity contribution < 1.29 is 27.1 Å². The lowest BCUT2D eigenvalue weighted by molar-refractivity contribution is 0.0548. The van der Waals surface area contributed by atoms with Crippen LogP contribution in [-0.2, 0) is 10.0 Å². The largest absolute Gasteiger partial charge is 0.390 e. The SMILES string of the molecule is O=C(Nc1ccc(F)c(F)c1)c1cccc(S(=O)(=O)N2CC(O)C2)c1. The molecule has 1 aliphatic heterocycles. The molecule has 2 aromatic rings. The molecule has 0 atom stereocenters. The molecule has 0 aromatic heterocycles. The Morgan fingerprint density at radius 2 is 1.84 bits per heavy atom. The van der Waals surface area contributed by atoms with Crippen molar-refractivity contribution in [3.63, 3.8) is 0 Å². The molecular weight excluding hydrogens is 354 g/mol. The van der Waals surface area contributed by atoms with E-state index in [1.807, 2.05) is 0 Å². The fraction of sp³-hybridized carbons (Fsp3) is 0.188. The second-order valence-corrected chi connectivity index (χ2v) is 7.52. The number of aliphatic hydroxyl groups excluding tert-OH is 1. The average Bonchev–Trinajstić information content (AvgIpc) is 2.55. The molecule has 2 aromatic carbocycles. The molecule has 6 nitrogen and oxygen atoms in total. The van der Waals surface area contributed by atoms with E-state index in [2.05, 4.69) is 5.32 Å². The lowest BCUT2D eigenvalue weighted by atomic mass is 10.2. The topological polar surface area (TPSA) is 86.7 Å². The number of halogens is 2. The second kappa shape index (κ2) is 6.51. The molecule has 0 radical (unpaired) electrons. The molecule has 9 heteroatoms. The zero-order chi connectivity index (χ0) is 18.2. The van der Waals surface area contributed by atoms with Gasteiger partial charge in [0, 0.05) is 30.4 Å². The number of carbonyl (C=O) groups is 1. The number of hydrogen-bond donors (Lipinski definition) is 2. The van der Waals surface area contributed by atoms with Gasteiger partial charge in [-0.05, 0) is 30.3 Å². The number of aliphatic hydroxyl groups is 1. The molecule has 132 valence electrons. The number of nitrogens with one attached hydrogen (secondary N) is 1. The molecule has 1 amide bonds. The van der Waals surface area contributed by atoms with Crippen molar-refractivity contribution in [2.45, 2.75) is 11.0 Å². The van der Waals surface area contributed by atoms with Crippen LogP contribution in [0.2, 0.25) is 0 Å². The third kappa shape index (κ3) is 3.53. The van der Waals surface area contributed by atoms with Gasteiger partial charge in [0.05, 0.1) is 11.0 Å². The Hall–Kier alpha value is -2.36. The highest BCUT2D eigenvalue weighted by Gasteiger charge is 2.35. The van der Waals surface area contributed by atoms with Crippen LogP contribution in [0.25, 0.3) is 0 Å². The highest BCUT2D eigenvalue weighted by atomic mass is 32.2. The van der Waals surface area contributed by atoms with Gasteiger partial charge in [-0.1, -0.05) is 6.07 Å². The summed E-state index contributed by atoms with van der Waals surface area (Å²) in [6, 6.07) is 8.24. The van der Waals surface area contributed by atoms with Crippen LogP contribution in [0.5, 0.6) is 0 Å². The van der Waals surface area contributed by atoms with Gasteiger partial charge >= 0.3 is 0 Å². The van der Waals surface area contributed by atoms with Crippen molar-refractivity contribution >= 4 is 21.6 Å². The summed E-state index contributed by atoms with van der Waals surface area (Å²) in [4.78, 5) is 12.1. The summed E-state index contributed by atoms with van der Waals surface area (Å²) >= 11 is 0. The number of β-amino-alcohol motifs (C(OH)–C–C–N with tert-alkyl or cyclic N) is 1. The summed E-state index contributed by atoms with van der Waals surface area (Å²) in [5, 5.41) is 11.6. The first-order valence-corrected chi connectivity index (χ1v) is 8.76. The molecule has 1 saturated heterocycles. The number of carbonyl (C=O) groups excluding carboxylic acids is 1. The zero-order valence-corrected chi connectivity index (χ0v) is 13.6. The Morgan fingerprint density at radius 1 is 1.12 bits per heavy atom. The van der Waals surface area contributed by atoms with E-state index >= 15 is 0 Å². The van der Waals surface area contributed by atoms with E-state index < -0.39 is 33.7 Å². The molecule has 0 bridgehead atoms. The van der Waals surface area contributed by atoms with Crippen LogP contribution in [0, 0.1) is 11.6 Å². The average molecular weight is 368 g/mol. The molecule has 2 N–H and O–H groups in total. The van der Waals surface area contributed by atoms with E-state index in [9.17, 15) is 27.1 Å². The predicted molar refractivity (Wildman–Crippen MR) is 85.5 cm³/mol. The fourth-order valence-corrected chi connectivity index (χ4v) is 3.90. The molecule has 0 spiro atoms. The molecule has 1 aliphatic rings. The minimum Gasteiger partial charge on any atom is -0.390 e. The third-order valence-electron chi connectivity index (χ3n) is 3.74. The van der Waals surface area contributed by atoms with Crippen molar-refractivity contribution in [3.8, 4) is 0 Å². The number of benzene rings is 2. The Morgan fingerprint density at radius 3 is 2.48 bits per heavy atom. The number of amides is 1. The van der Waals surface area contributed by atoms with Crippen molar-refractivity contribution in [3.05, 3.63) is 59.7 Å². The van der Waals surface area contributed by atoms with E-state index in [0.29, 0.717) is 0 Å². The highest BCUT2D eigenvalue weighted by Crippen LogP contribution is 2.23. The lowest BCUT2D eigenvalue weighted by Crippen LogP contribution is -2.53. The maximum absolute atomic E-state index is 13.2. The summed E-state index contributed by atoms with van der Waals surface area (Å²) in [5.74, 6) is -2.81. The van der Waals surface area contributed by atoms with E-state index in [1.54, 1.807) is 0 Å². The minimum absolute atomic E-state index is 0.00755. The molecule has 3 rings (SSSR count). The van der Waals surface area contributed by atoms with Crippen molar-refractivity contribution in [2.24, 2.45) is 0 Å². The fourth-order valence-electron chi connectivity index (χ4n) is 2.34. The Bertz CT molecular complexity index is 927. The van der Waals surface area contributed by atoms with Crippen LogP contribution < -0.4 is 5.32 Å². The molecule has 1 heterocycles. The van der Waals surface area contributed by atoms with E-state index in [4.69, 9.17) is 0 Å². The number of sulfonamides is 1. The van der Waals surface area contributed by atoms with E-state index in [1.165, 1.54) is 30.3 Å².